The normalized spacial score (nSPS) is 11.4. The van der Waals surface area contributed by atoms with E-state index in [2.05, 4.69) is 17.2 Å². The molecule has 0 spiro atoms. The van der Waals surface area contributed by atoms with Crippen LogP contribution in [0.2, 0.25) is 0 Å². The second-order valence-electron chi connectivity index (χ2n) is 4.23. The first kappa shape index (κ1) is 16.2. The molecule has 1 rings (SSSR count). The van der Waals surface area contributed by atoms with E-state index in [-0.39, 0.29) is 18.2 Å². The third-order valence-electron chi connectivity index (χ3n) is 2.74. The Hall–Kier alpha value is -1.90. The summed E-state index contributed by atoms with van der Waals surface area (Å²) in [7, 11) is 1.55. The van der Waals surface area contributed by atoms with Crippen LogP contribution < -0.4 is 11.1 Å². The van der Waals surface area contributed by atoms with Crippen molar-refractivity contribution in [1.82, 2.24) is 5.32 Å². The summed E-state index contributed by atoms with van der Waals surface area (Å²) in [6.45, 7) is 2.52. The minimum absolute atomic E-state index is 0.0247. The lowest BCUT2D eigenvalue weighted by molar-refractivity contribution is 0.0890. The third kappa shape index (κ3) is 4.65. The summed E-state index contributed by atoms with van der Waals surface area (Å²) >= 11 is 0. The van der Waals surface area contributed by atoms with Gasteiger partial charge in [0.1, 0.15) is 5.82 Å². The van der Waals surface area contributed by atoms with Crippen molar-refractivity contribution < 1.29 is 13.9 Å². The highest BCUT2D eigenvalue weighted by Crippen LogP contribution is 2.10. The number of methoxy groups -OCH3 is 1. The number of carbonyl (C=O) groups excluding carboxylic acids is 1. The highest BCUT2D eigenvalue weighted by molar-refractivity contribution is 5.95. The quantitative estimate of drug-likeness (QED) is 0.798. The van der Waals surface area contributed by atoms with Crippen LogP contribution in [0.4, 0.5) is 4.39 Å². The van der Waals surface area contributed by atoms with Crippen molar-refractivity contribution in [3.8, 4) is 11.8 Å². The van der Waals surface area contributed by atoms with Crippen LogP contribution in [0.1, 0.15) is 29.3 Å². The molecule has 0 bridgehead atoms. The maximum Gasteiger partial charge on any atom is 0.254 e. The van der Waals surface area contributed by atoms with Crippen LogP contribution in [-0.4, -0.2) is 32.2 Å². The summed E-state index contributed by atoms with van der Waals surface area (Å²) in [5.41, 5.74) is 5.81. The molecular weight excluding hydrogens is 259 g/mol. The highest BCUT2D eigenvalue weighted by Gasteiger charge is 2.16. The van der Waals surface area contributed by atoms with Gasteiger partial charge in [0.2, 0.25) is 0 Å². The van der Waals surface area contributed by atoms with Crippen LogP contribution >= 0.6 is 0 Å². The second-order valence-corrected chi connectivity index (χ2v) is 4.23. The molecule has 0 saturated carbocycles. The van der Waals surface area contributed by atoms with E-state index in [1.54, 1.807) is 7.11 Å². The van der Waals surface area contributed by atoms with Gasteiger partial charge in [-0.2, -0.15) is 0 Å². The summed E-state index contributed by atoms with van der Waals surface area (Å²) in [6, 6.07) is 4.02. The average molecular weight is 278 g/mol. The molecule has 108 valence electrons. The van der Waals surface area contributed by atoms with Crippen molar-refractivity contribution in [1.29, 1.82) is 0 Å². The Balaban J connectivity index is 2.91. The predicted octanol–water partition coefficient (Wildman–Crippen LogP) is 1.29. The molecule has 0 aliphatic heterocycles. The molecule has 1 aromatic rings. The Morgan fingerprint density at radius 2 is 2.30 bits per heavy atom. The molecule has 1 amide bonds. The van der Waals surface area contributed by atoms with Crippen LogP contribution in [0.3, 0.4) is 0 Å². The van der Waals surface area contributed by atoms with E-state index in [0.717, 1.165) is 0 Å². The molecule has 0 aliphatic carbocycles. The molecule has 1 atom stereocenters. The lowest BCUT2D eigenvalue weighted by Crippen LogP contribution is -2.37. The lowest BCUT2D eigenvalue weighted by Gasteiger charge is -2.16. The number of carbonyl (C=O) groups is 1. The summed E-state index contributed by atoms with van der Waals surface area (Å²) in [6.07, 6.45) is 0.702. The Morgan fingerprint density at radius 1 is 1.55 bits per heavy atom. The first-order chi connectivity index (χ1) is 9.62. The minimum atomic E-state index is -0.576. The van der Waals surface area contributed by atoms with Crippen LogP contribution in [0.15, 0.2) is 18.2 Å². The van der Waals surface area contributed by atoms with Crippen LogP contribution in [0.25, 0.3) is 0 Å². The number of nitrogens with one attached hydrogen (secondary N) is 1. The molecule has 0 aliphatic rings. The van der Waals surface area contributed by atoms with Gasteiger partial charge in [0.25, 0.3) is 5.91 Å². The molecule has 3 N–H and O–H groups in total. The van der Waals surface area contributed by atoms with Crippen LogP contribution in [0.5, 0.6) is 0 Å². The standard InChI is InChI=1S/C15H19FN2O2/c1-3-12(10-20-2)18-15(19)13-9-11(5-4-8-17)6-7-14(13)16/h6-7,9,12H,3,8,10,17H2,1-2H3,(H,18,19). The maximum atomic E-state index is 13.7. The highest BCUT2D eigenvalue weighted by atomic mass is 19.1. The number of amides is 1. The van der Waals surface area contributed by atoms with E-state index in [4.69, 9.17) is 10.5 Å². The molecule has 0 aromatic heterocycles. The Bertz CT molecular complexity index is 520. The summed E-state index contributed by atoms with van der Waals surface area (Å²) in [4.78, 5) is 12.1. The Labute approximate surface area is 118 Å². The van der Waals surface area contributed by atoms with E-state index in [9.17, 15) is 9.18 Å². The first-order valence-electron chi connectivity index (χ1n) is 6.40. The SMILES string of the molecule is CCC(COC)NC(=O)c1cc(C#CCN)ccc1F. The Kier molecular flexibility index (Phi) is 6.71. The zero-order chi connectivity index (χ0) is 15.0. The predicted molar refractivity (Wildman–Crippen MR) is 75.8 cm³/mol. The smallest absolute Gasteiger partial charge is 0.254 e. The lowest BCUT2D eigenvalue weighted by atomic mass is 10.1. The van der Waals surface area contributed by atoms with Crippen molar-refractivity contribution in [3.63, 3.8) is 0 Å². The van der Waals surface area contributed by atoms with Crippen molar-refractivity contribution in [2.75, 3.05) is 20.3 Å². The number of ether oxygens (including phenoxy) is 1. The van der Waals surface area contributed by atoms with Gasteiger partial charge in [-0.1, -0.05) is 18.8 Å². The molecule has 5 heteroatoms. The van der Waals surface area contributed by atoms with Gasteiger partial charge in [0.15, 0.2) is 0 Å². The molecule has 20 heavy (non-hydrogen) atoms. The zero-order valence-corrected chi connectivity index (χ0v) is 11.7. The number of benzene rings is 1. The fraction of sp³-hybridized carbons (Fsp3) is 0.400. The van der Waals surface area contributed by atoms with Gasteiger partial charge in [-0.15, -0.1) is 0 Å². The number of rotatable bonds is 5. The van der Waals surface area contributed by atoms with Gasteiger partial charge >= 0.3 is 0 Å². The summed E-state index contributed by atoms with van der Waals surface area (Å²) < 4.78 is 18.7. The van der Waals surface area contributed by atoms with E-state index >= 15 is 0 Å². The number of hydrogen-bond acceptors (Lipinski definition) is 3. The van der Waals surface area contributed by atoms with Gasteiger partial charge in [0.05, 0.1) is 24.8 Å². The molecule has 0 saturated heterocycles. The van der Waals surface area contributed by atoms with Gasteiger partial charge in [-0.3, -0.25) is 4.79 Å². The molecule has 1 unspecified atom stereocenters. The Morgan fingerprint density at radius 3 is 2.90 bits per heavy atom. The van der Waals surface area contributed by atoms with Crippen molar-refractivity contribution >= 4 is 5.91 Å². The van der Waals surface area contributed by atoms with Crippen molar-refractivity contribution in [2.45, 2.75) is 19.4 Å². The molecule has 0 heterocycles. The van der Waals surface area contributed by atoms with E-state index in [0.29, 0.717) is 18.6 Å². The van der Waals surface area contributed by atoms with Gasteiger partial charge in [-0.05, 0) is 24.6 Å². The molecule has 4 nitrogen and oxygen atoms in total. The fourth-order valence-electron chi connectivity index (χ4n) is 1.66. The molecule has 0 radical (unpaired) electrons. The van der Waals surface area contributed by atoms with Gasteiger partial charge < -0.3 is 15.8 Å². The van der Waals surface area contributed by atoms with E-state index in [1.165, 1.54) is 18.2 Å². The topological polar surface area (TPSA) is 64.3 Å². The largest absolute Gasteiger partial charge is 0.383 e. The van der Waals surface area contributed by atoms with Crippen molar-refractivity contribution in [3.05, 3.63) is 35.1 Å². The molecule has 1 aromatic carbocycles. The van der Waals surface area contributed by atoms with Gasteiger partial charge in [0, 0.05) is 12.7 Å². The monoisotopic (exact) mass is 278 g/mol. The van der Waals surface area contributed by atoms with Crippen molar-refractivity contribution in [2.24, 2.45) is 5.73 Å². The third-order valence-corrected chi connectivity index (χ3v) is 2.74. The zero-order valence-electron chi connectivity index (χ0n) is 11.7. The average Bonchev–Trinajstić information content (AvgIpc) is 2.45. The van der Waals surface area contributed by atoms with E-state index in [1.807, 2.05) is 6.92 Å². The van der Waals surface area contributed by atoms with Crippen LogP contribution in [0, 0.1) is 17.7 Å². The maximum absolute atomic E-state index is 13.7. The van der Waals surface area contributed by atoms with Crippen LogP contribution in [-0.2, 0) is 4.74 Å². The molecular formula is C15H19FN2O2. The van der Waals surface area contributed by atoms with Gasteiger partial charge in [-0.25, -0.2) is 4.39 Å². The fourth-order valence-corrected chi connectivity index (χ4v) is 1.66. The second kappa shape index (κ2) is 8.31. The number of halogens is 1. The first-order valence-corrected chi connectivity index (χ1v) is 6.40. The summed E-state index contributed by atoms with van der Waals surface area (Å²) in [5, 5.41) is 2.73. The minimum Gasteiger partial charge on any atom is -0.383 e. The number of hydrogen-bond donors (Lipinski definition) is 2. The summed E-state index contributed by atoms with van der Waals surface area (Å²) in [5.74, 6) is 4.39. The molecule has 0 fully saturated rings. The number of nitrogens with two attached hydrogens (primary N) is 1. The van der Waals surface area contributed by atoms with E-state index < -0.39 is 11.7 Å².